The second-order valence-electron chi connectivity index (χ2n) is 8.94. The molecule has 1 aliphatic carbocycles. The fourth-order valence-corrected chi connectivity index (χ4v) is 5.05. The summed E-state index contributed by atoms with van der Waals surface area (Å²) in [5, 5.41) is 4.98. The summed E-state index contributed by atoms with van der Waals surface area (Å²) < 4.78 is 1.73. The second-order valence-corrected chi connectivity index (χ2v) is 9.34. The van der Waals surface area contributed by atoms with Crippen molar-refractivity contribution in [1.29, 1.82) is 0 Å². The van der Waals surface area contributed by atoms with Gasteiger partial charge in [0, 0.05) is 45.9 Å². The van der Waals surface area contributed by atoms with E-state index in [1.54, 1.807) is 17.0 Å². The number of fused-ring (bicyclic) bond motifs is 1. The molecule has 174 valence electrons. The molecule has 0 radical (unpaired) electrons. The molecular weight excluding hydrogens is 446 g/mol. The minimum absolute atomic E-state index is 0.0951. The minimum atomic E-state index is -0.0951. The number of hydrogen-bond donors (Lipinski definition) is 1. The number of halogens is 1. The van der Waals surface area contributed by atoms with Crippen LogP contribution in [0.3, 0.4) is 0 Å². The van der Waals surface area contributed by atoms with Crippen molar-refractivity contribution in [3.05, 3.63) is 69.9 Å². The number of aromatic nitrogens is 4. The summed E-state index contributed by atoms with van der Waals surface area (Å²) in [4.78, 5) is 27.0. The van der Waals surface area contributed by atoms with Crippen LogP contribution in [0.5, 0.6) is 0 Å². The van der Waals surface area contributed by atoms with Gasteiger partial charge in [0.2, 0.25) is 0 Å². The van der Waals surface area contributed by atoms with Gasteiger partial charge in [0.05, 0.1) is 17.6 Å². The molecule has 0 aliphatic heterocycles. The standard InChI is InChI=1S/C27H28ClN5O/c1-3-33-26-19(10-12-25(32-26)31-20-7-5-4-6-8-20)13-22(27(33)34)21-11-9-18(14-23(21)28)24-16-29-15-17(2)30-24/h9-16,20H,3-8H2,1-2H3,(H,31,32). The SMILES string of the molecule is CCn1c(=O)c(-c2ccc(-c3cncc(C)n3)cc2Cl)cc2ccc(NC3CCCCC3)nc21. The van der Waals surface area contributed by atoms with Gasteiger partial charge in [0.25, 0.3) is 5.56 Å². The molecule has 4 aromatic rings. The maximum atomic E-state index is 13.5. The van der Waals surface area contributed by atoms with Gasteiger partial charge in [0.1, 0.15) is 11.5 Å². The number of hydrogen-bond acceptors (Lipinski definition) is 5. The highest BCUT2D eigenvalue weighted by molar-refractivity contribution is 6.33. The van der Waals surface area contributed by atoms with Gasteiger partial charge in [-0.1, -0.05) is 43.0 Å². The molecule has 0 spiro atoms. The third-order valence-electron chi connectivity index (χ3n) is 6.52. The van der Waals surface area contributed by atoms with E-state index in [0.717, 1.165) is 28.2 Å². The molecule has 0 unspecified atom stereocenters. The van der Waals surface area contributed by atoms with Crippen molar-refractivity contribution in [2.24, 2.45) is 0 Å². The largest absolute Gasteiger partial charge is 0.367 e. The summed E-state index contributed by atoms with van der Waals surface area (Å²) in [5.41, 5.74) is 4.31. The van der Waals surface area contributed by atoms with E-state index >= 15 is 0 Å². The average molecular weight is 474 g/mol. The van der Waals surface area contributed by atoms with E-state index in [1.165, 1.54) is 32.1 Å². The van der Waals surface area contributed by atoms with E-state index in [1.807, 2.05) is 50.2 Å². The third-order valence-corrected chi connectivity index (χ3v) is 6.83. The Balaban J connectivity index is 1.54. The van der Waals surface area contributed by atoms with E-state index in [9.17, 15) is 4.79 Å². The maximum absolute atomic E-state index is 13.5. The van der Waals surface area contributed by atoms with Crippen molar-refractivity contribution < 1.29 is 0 Å². The summed E-state index contributed by atoms with van der Waals surface area (Å²) in [5.74, 6) is 0.829. The molecule has 0 saturated heterocycles. The Morgan fingerprint density at radius 1 is 1.03 bits per heavy atom. The normalized spacial score (nSPS) is 14.4. The maximum Gasteiger partial charge on any atom is 0.260 e. The lowest BCUT2D eigenvalue weighted by Gasteiger charge is -2.23. The van der Waals surface area contributed by atoms with E-state index in [4.69, 9.17) is 16.6 Å². The molecule has 0 atom stereocenters. The molecular formula is C27H28ClN5O. The first-order chi connectivity index (χ1) is 16.5. The van der Waals surface area contributed by atoms with E-state index < -0.39 is 0 Å². The van der Waals surface area contributed by atoms with Gasteiger partial charge in [-0.15, -0.1) is 0 Å². The first kappa shape index (κ1) is 22.5. The Labute approximate surface area is 204 Å². The zero-order valence-electron chi connectivity index (χ0n) is 19.5. The van der Waals surface area contributed by atoms with Crippen molar-refractivity contribution in [2.75, 3.05) is 5.32 Å². The van der Waals surface area contributed by atoms with Gasteiger partial charge in [0.15, 0.2) is 0 Å². The molecule has 34 heavy (non-hydrogen) atoms. The van der Waals surface area contributed by atoms with Crippen LogP contribution in [0, 0.1) is 6.92 Å². The van der Waals surface area contributed by atoms with Crippen LogP contribution in [0.25, 0.3) is 33.4 Å². The van der Waals surface area contributed by atoms with Crippen LogP contribution in [0.1, 0.15) is 44.7 Å². The minimum Gasteiger partial charge on any atom is -0.367 e. The van der Waals surface area contributed by atoms with Gasteiger partial charge in [-0.05, 0) is 51.0 Å². The van der Waals surface area contributed by atoms with Crippen LogP contribution in [0.4, 0.5) is 5.82 Å². The number of benzene rings is 1. The molecule has 5 rings (SSSR count). The monoisotopic (exact) mass is 473 g/mol. The van der Waals surface area contributed by atoms with Gasteiger partial charge in [-0.2, -0.15) is 0 Å². The van der Waals surface area contributed by atoms with Crippen molar-refractivity contribution in [3.8, 4) is 22.4 Å². The molecule has 1 fully saturated rings. The summed E-state index contributed by atoms with van der Waals surface area (Å²) in [6, 6.07) is 12.1. The van der Waals surface area contributed by atoms with Crippen LogP contribution in [-0.4, -0.2) is 25.6 Å². The number of anilines is 1. The molecule has 1 aliphatic rings. The summed E-state index contributed by atoms with van der Waals surface area (Å²) in [6.45, 7) is 4.39. The fourth-order valence-electron chi connectivity index (χ4n) is 4.77. The van der Waals surface area contributed by atoms with Gasteiger partial charge in [-0.3, -0.25) is 14.3 Å². The molecule has 1 N–H and O–H groups in total. The predicted molar refractivity (Wildman–Crippen MR) is 138 cm³/mol. The summed E-state index contributed by atoms with van der Waals surface area (Å²) >= 11 is 6.68. The number of nitrogens with zero attached hydrogens (tertiary/aromatic N) is 4. The molecule has 0 bridgehead atoms. The van der Waals surface area contributed by atoms with Crippen LogP contribution in [0.2, 0.25) is 5.02 Å². The number of nitrogens with one attached hydrogen (secondary N) is 1. The van der Waals surface area contributed by atoms with Crippen LogP contribution < -0.4 is 10.9 Å². The topological polar surface area (TPSA) is 72.7 Å². The van der Waals surface area contributed by atoms with Crippen LogP contribution in [0.15, 0.2) is 53.6 Å². The Hall–Kier alpha value is -3.25. The molecule has 6 nitrogen and oxygen atoms in total. The lowest BCUT2D eigenvalue weighted by atomic mass is 9.95. The first-order valence-electron chi connectivity index (χ1n) is 11.9. The molecule has 1 saturated carbocycles. The Kier molecular flexibility index (Phi) is 6.33. The van der Waals surface area contributed by atoms with E-state index in [-0.39, 0.29) is 5.56 Å². The summed E-state index contributed by atoms with van der Waals surface area (Å²) in [6.07, 6.45) is 9.58. The molecule has 7 heteroatoms. The van der Waals surface area contributed by atoms with E-state index in [2.05, 4.69) is 15.3 Å². The number of rotatable bonds is 5. The van der Waals surface area contributed by atoms with Crippen molar-refractivity contribution in [1.82, 2.24) is 19.5 Å². The lowest BCUT2D eigenvalue weighted by molar-refractivity contribution is 0.462. The van der Waals surface area contributed by atoms with Gasteiger partial charge in [-0.25, -0.2) is 9.97 Å². The Bertz CT molecular complexity index is 1410. The highest BCUT2D eigenvalue weighted by Crippen LogP contribution is 2.32. The average Bonchev–Trinajstić information content (AvgIpc) is 2.85. The fraction of sp³-hybridized carbons (Fsp3) is 0.333. The van der Waals surface area contributed by atoms with Crippen molar-refractivity contribution >= 4 is 28.5 Å². The third kappa shape index (κ3) is 4.42. The number of aryl methyl sites for hydroxylation is 2. The van der Waals surface area contributed by atoms with Crippen molar-refractivity contribution in [2.45, 2.75) is 58.5 Å². The Morgan fingerprint density at radius 2 is 1.85 bits per heavy atom. The predicted octanol–water partition coefficient (Wildman–Crippen LogP) is 6.25. The number of pyridine rings is 2. The zero-order valence-corrected chi connectivity index (χ0v) is 20.3. The lowest BCUT2D eigenvalue weighted by Crippen LogP contribution is -2.24. The highest BCUT2D eigenvalue weighted by Gasteiger charge is 2.17. The molecule has 3 heterocycles. The van der Waals surface area contributed by atoms with E-state index in [0.29, 0.717) is 34.4 Å². The summed E-state index contributed by atoms with van der Waals surface area (Å²) in [7, 11) is 0. The molecule has 3 aromatic heterocycles. The zero-order chi connectivity index (χ0) is 23.7. The quantitative estimate of drug-likeness (QED) is 0.371. The smallest absolute Gasteiger partial charge is 0.260 e. The highest BCUT2D eigenvalue weighted by atomic mass is 35.5. The van der Waals surface area contributed by atoms with Crippen LogP contribution >= 0.6 is 11.6 Å². The Morgan fingerprint density at radius 3 is 2.59 bits per heavy atom. The molecule has 1 aromatic carbocycles. The van der Waals surface area contributed by atoms with Gasteiger partial charge >= 0.3 is 0 Å². The van der Waals surface area contributed by atoms with Gasteiger partial charge < -0.3 is 5.32 Å². The first-order valence-corrected chi connectivity index (χ1v) is 12.3. The molecule has 0 amide bonds. The van der Waals surface area contributed by atoms with Crippen molar-refractivity contribution in [3.63, 3.8) is 0 Å². The van der Waals surface area contributed by atoms with Crippen LogP contribution in [-0.2, 0) is 6.54 Å². The second kappa shape index (κ2) is 9.55.